The number of ether oxygens (including phenoxy) is 1. The minimum absolute atomic E-state index is 0.148. The van der Waals surface area contributed by atoms with Crippen molar-refractivity contribution in [2.45, 2.75) is 55.5 Å². The molecule has 3 N–H and O–H groups in total. The molecule has 0 unspecified atom stereocenters. The maximum atomic E-state index is 13.1. The summed E-state index contributed by atoms with van der Waals surface area (Å²) in [6, 6.07) is 19.2. The number of sulfonamides is 1. The molecule has 6 rings (SSSR count). The number of hydrogen-bond acceptors (Lipinski definition) is 7. The Balaban J connectivity index is 1.14. The highest BCUT2D eigenvalue weighted by atomic mass is 32.2. The van der Waals surface area contributed by atoms with E-state index in [1.807, 2.05) is 67.6 Å². The highest BCUT2D eigenvalue weighted by Crippen LogP contribution is 2.44. The van der Waals surface area contributed by atoms with Gasteiger partial charge in [-0.05, 0) is 42.7 Å². The molecule has 38 heavy (non-hydrogen) atoms. The summed E-state index contributed by atoms with van der Waals surface area (Å²) in [6.45, 7) is 2.27. The van der Waals surface area contributed by atoms with E-state index in [1.54, 1.807) is 0 Å². The molecular formula is C28H30N4O5S. The topological polar surface area (TPSA) is 126 Å². The highest BCUT2D eigenvalue weighted by Gasteiger charge is 2.60. The summed E-state index contributed by atoms with van der Waals surface area (Å²) in [4.78, 5) is 30.8. The van der Waals surface area contributed by atoms with E-state index in [1.165, 1.54) is 0 Å². The second-order valence-corrected chi connectivity index (χ2v) is 12.5. The zero-order chi connectivity index (χ0) is 26.5. The number of carbonyl (C=O) groups excluding carboxylic acids is 2. The lowest BCUT2D eigenvalue weighted by Gasteiger charge is -2.21. The van der Waals surface area contributed by atoms with Gasteiger partial charge in [-0.15, -0.1) is 0 Å². The Bertz CT molecular complexity index is 1510. The molecule has 2 heterocycles. The molecule has 3 aliphatic rings. The van der Waals surface area contributed by atoms with Crippen LogP contribution in [-0.2, 0) is 19.6 Å². The summed E-state index contributed by atoms with van der Waals surface area (Å²) in [5.74, 6) is -0.628. The SMILES string of the molecule is C[C@@H]1C[C@]1(NC(=O)[C@@H]1C[C@@H](Oc2nc(-c3ccccc3)cc3ccccc23)CN1)C(=O)NS(=O)(=O)C1CC1. The first-order valence-electron chi connectivity index (χ1n) is 13.0. The monoisotopic (exact) mass is 534 g/mol. The van der Waals surface area contributed by atoms with Gasteiger partial charge in [-0.1, -0.05) is 55.5 Å². The quantitative estimate of drug-likeness (QED) is 0.405. The molecule has 1 saturated heterocycles. The van der Waals surface area contributed by atoms with Crippen LogP contribution in [0.4, 0.5) is 0 Å². The number of nitrogens with one attached hydrogen (secondary N) is 3. The van der Waals surface area contributed by atoms with Gasteiger partial charge in [0.2, 0.25) is 21.8 Å². The first-order chi connectivity index (χ1) is 18.2. The molecule has 3 fully saturated rings. The third kappa shape index (κ3) is 4.74. The normalized spacial score (nSPS) is 26.6. The van der Waals surface area contributed by atoms with Crippen molar-refractivity contribution < 1.29 is 22.7 Å². The molecule has 2 saturated carbocycles. The molecule has 1 aromatic heterocycles. The first-order valence-corrected chi connectivity index (χ1v) is 14.5. The molecule has 1 aliphatic heterocycles. The van der Waals surface area contributed by atoms with Gasteiger partial charge in [0.1, 0.15) is 11.6 Å². The van der Waals surface area contributed by atoms with Gasteiger partial charge in [-0.3, -0.25) is 14.3 Å². The third-order valence-corrected chi connectivity index (χ3v) is 9.54. The van der Waals surface area contributed by atoms with Crippen LogP contribution in [0.3, 0.4) is 0 Å². The van der Waals surface area contributed by atoms with Gasteiger partial charge in [-0.2, -0.15) is 0 Å². The molecule has 3 aromatic rings. The fourth-order valence-electron chi connectivity index (χ4n) is 5.12. The first kappa shape index (κ1) is 24.8. The summed E-state index contributed by atoms with van der Waals surface area (Å²) in [5, 5.41) is 7.41. The maximum absolute atomic E-state index is 13.1. The van der Waals surface area contributed by atoms with Crippen molar-refractivity contribution in [2.75, 3.05) is 6.54 Å². The number of pyridine rings is 1. The van der Waals surface area contributed by atoms with Gasteiger partial charge in [0.25, 0.3) is 5.91 Å². The lowest BCUT2D eigenvalue weighted by atomic mass is 10.1. The summed E-state index contributed by atoms with van der Waals surface area (Å²) in [7, 11) is -3.69. The molecule has 10 heteroatoms. The zero-order valence-corrected chi connectivity index (χ0v) is 21.8. The number of benzene rings is 2. The smallest absolute Gasteiger partial charge is 0.259 e. The summed E-state index contributed by atoms with van der Waals surface area (Å²) in [5.41, 5.74) is 0.591. The average Bonchev–Trinajstić information content (AvgIpc) is 3.82. The molecule has 4 atom stereocenters. The second-order valence-electron chi connectivity index (χ2n) is 10.6. The number of nitrogens with zero attached hydrogens (tertiary/aromatic N) is 1. The molecule has 9 nitrogen and oxygen atoms in total. The number of fused-ring (bicyclic) bond motifs is 1. The number of amides is 2. The van der Waals surface area contributed by atoms with E-state index in [2.05, 4.69) is 15.4 Å². The van der Waals surface area contributed by atoms with Crippen molar-refractivity contribution in [3.63, 3.8) is 0 Å². The van der Waals surface area contributed by atoms with E-state index in [0.29, 0.717) is 38.1 Å². The van der Waals surface area contributed by atoms with E-state index in [4.69, 9.17) is 9.72 Å². The van der Waals surface area contributed by atoms with Gasteiger partial charge in [0.15, 0.2) is 0 Å². The maximum Gasteiger partial charge on any atom is 0.259 e. The molecule has 0 radical (unpaired) electrons. The van der Waals surface area contributed by atoms with E-state index < -0.39 is 32.8 Å². The molecule has 198 valence electrons. The van der Waals surface area contributed by atoms with E-state index in [9.17, 15) is 18.0 Å². The van der Waals surface area contributed by atoms with Crippen LogP contribution in [0.1, 0.15) is 32.6 Å². The predicted molar refractivity (Wildman–Crippen MR) is 143 cm³/mol. The average molecular weight is 535 g/mol. The van der Waals surface area contributed by atoms with Crippen LogP contribution >= 0.6 is 0 Å². The summed E-state index contributed by atoms with van der Waals surface area (Å²) in [6.07, 6.45) is 1.61. The van der Waals surface area contributed by atoms with Gasteiger partial charge >= 0.3 is 0 Å². The van der Waals surface area contributed by atoms with E-state index >= 15 is 0 Å². The van der Waals surface area contributed by atoms with E-state index in [0.717, 1.165) is 22.0 Å². The Morgan fingerprint density at radius 1 is 1.08 bits per heavy atom. The van der Waals surface area contributed by atoms with Crippen LogP contribution in [0.25, 0.3) is 22.0 Å². The minimum atomic E-state index is -3.69. The van der Waals surface area contributed by atoms with Crippen LogP contribution in [0, 0.1) is 5.92 Å². The molecule has 2 aliphatic carbocycles. The Hall–Kier alpha value is -3.50. The highest BCUT2D eigenvalue weighted by molar-refractivity contribution is 7.91. The van der Waals surface area contributed by atoms with Crippen LogP contribution in [0.15, 0.2) is 60.7 Å². The van der Waals surface area contributed by atoms with Crippen molar-refractivity contribution in [1.29, 1.82) is 0 Å². The summed E-state index contributed by atoms with van der Waals surface area (Å²) >= 11 is 0. The van der Waals surface area contributed by atoms with Crippen LogP contribution in [0.5, 0.6) is 5.88 Å². The van der Waals surface area contributed by atoms with Crippen molar-refractivity contribution >= 4 is 32.6 Å². The van der Waals surface area contributed by atoms with Crippen LogP contribution in [0.2, 0.25) is 0 Å². The number of carbonyl (C=O) groups is 2. The molecule has 2 amide bonds. The van der Waals surface area contributed by atoms with Gasteiger partial charge in [0, 0.05) is 23.9 Å². The summed E-state index contributed by atoms with van der Waals surface area (Å²) < 4.78 is 33.1. The minimum Gasteiger partial charge on any atom is -0.472 e. The lowest BCUT2D eigenvalue weighted by Crippen LogP contribution is -2.55. The lowest BCUT2D eigenvalue weighted by molar-refractivity contribution is -0.130. The zero-order valence-electron chi connectivity index (χ0n) is 21.0. The van der Waals surface area contributed by atoms with Crippen molar-refractivity contribution in [1.82, 2.24) is 20.3 Å². The van der Waals surface area contributed by atoms with E-state index in [-0.39, 0.29) is 17.9 Å². The molecule has 0 spiro atoms. The fraction of sp³-hybridized carbons (Fsp3) is 0.393. The molecule has 2 aromatic carbocycles. The standard InChI is InChI=1S/C28H30N4O5S/c1-17-15-28(17,27(34)32-38(35,36)21-11-12-21)31-25(33)24-14-20(16-29-24)37-26-22-10-6-5-9-19(22)13-23(30-26)18-7-3-2-4-8-18/h2-10,13,17,20-21,24,29H,11-12,14-16H2,1H3,(H,31,33)(H,32,34)/t17-,20-,24+,28-/m1/s1. The van der Waals surface area contributed by atoms with Crippen LogP contribution in [-0.4, -0.2) is 54.7 Å². The third-order valence-electron chi connectivity index (χ3n) is 7.72. The Morgan fingerprint density at radius 3 is 2.50 bits per heavy atom. The number of rotatable bonds is 8. The molecular weight excluding hydrogens is 504 g/mol. The number of hydrogen-bond donors (Lipinski definition) is 3. The predicted octanol–water partition coefficient (Wildman–Crippen LogP) is 2.51. The van der Waals surface area contributed by atoms with Gasteiger partial charge < -0.3 is 15.4 Å². The van der Waals surface area contributed by atoms with Crippen molar-refractivity contribution in [3.8, 4) is 17.1 Å². The van der Waals surface area contributed by atoms with Crippen molar-refractivity contribution in [2.24, 2.45) is 5.92 Å². The number of aromatic nitrogens is 1. The largest absolute Gasteiger partial charge is 0.472 e. The van der Waals surface area contributed by atoms with Gasteiger partial charge in [-0.25, -0.2) is 13.4 Å². The second kappa shape index (κ2) is 9.36. The Morgan fingerprint density at radius 2 is 1.79 bits per heavy atom. The van der Waals surface area contributed by atoms with Gasteiger partial charge in [0.05, 0.1) is 17.0 Å². The van der Waals surface area contributed by atoms with Crippen LogP contribution < -0.4 is 20.1 Å². The fourth-order valence-corrected chi connectivity index (χ4v) is 6.49. The Labute approximate surface area is 221 Å². The Kier molecular flexibility index (Phi) is 6.11. The molecule has 0 bridgehead atoms. The van der Waals surface area contributed by atoms with Crippen molar-refractivity contribution in [3.05, 3.63) is 60.7 Å².